The van der Waals surface area contributed by atoms with Gasteiger partial charge >= 0.3 is 0 Å². The Morgan fingerprint density at radius 1 is 0.957 bits per heavy atom. The predicted octanol–water partition coefficient (Wildman–Crippen LogP) is 2.67. The third kappa shape index (κ3) is 3.17. The molecule has 0 bridgehead atoms. The van der Waals surface area contributed by atoms with Crippen LogP contribution >= 0.6 is 0 Å². The molecule has 1 heterocycles. The zero-order chi connectivity index (χ0) is 16.4. The Morgan fingerprint density at radius 2 is 1.61 bits per heavy atom. The van der Waals surface area contributed by atoms with Gasteiger partial charge in [-0.15, -0.1) is 0 Å². The molecule has 2 aromatic rings. The largest absolute Gasteiger partial charge is 0.297 e. The Kier molecular flexibility index (Phi) is 4.53. The van der Waals surface area contributed by atoms with Crippen LogP contribution in [0.25, 0.3) is 0 Å². The van der Waals surface area contributed by atoms with Crippen molar-refractivity contribution >= 4 is 10.0 Å². The number of benzene rings is 2. The maximum Gasteiger partial charge on any atom is 0.243 e. The van der Waals surface area contributed by atoms with Gasteiger partial charge in [-0.3, -0.25) is 4.90 Å². The smallest absolute Gasteiger partial charge is 0.243 e. The number of rotatable bonds is 3. The maximum absolute atomic E-state index is 13.0. The van der Waals surface area contributed by atoms with E-state index in [1.807, 2.05) is 37.3 Å². The van der Waals surface area contributed by atoms with Crippen molar-refractivity contribution in [3.8, 4) is 0 Å². The fourth-order valence-electron chi connectivity index (χ4n) is 3.09. The Morgan fingerprint density at radius 3 is 2.30 bits per heavy atom. The van der Waals surface area contributed by atoms with Gasteiger partial charge in [-0.05, 0) is 31.2 Å². The summed E-state index contributed by atoms with van der Waals surface area (Å²) in [6.07, 6.45) is 0. The Balaban J connectivity index is 1.91. The number of likely N-dealkylation sites (N-methyl/N-ethyl adjacent to an activating group) is 1. The monoisotopic (exact) mass is 330 g/mol. The molecule has 0 radical (unpaired) electrons. The van der Waals surface area contributed by atoms with Crippen molar-refractivity contribution in [2.45, 2.75) is 17.9 Å². The van der Waals surface area contributed by atoms with Crippen LogP contribution in [0.5, 0.6) is 0 Å². The molecular weight excluding hydrogens is 308 g/mol. The topological polar surface area (TPSA) is 40.6 Å². The lowest BCUT2D eigenvalue weighted by atomic mass is 10.0. The van der Waals surface area contributed by atoms with Crippen LogP contribution in [0.15, 0.2) is 59.5 Å². The molecule has 1 saturated heterocycles. The maximum atomic E-state index is 13.0. The van der Waals surface area contributed by atoms with Crippen molar-refractivity contribution < 1.29 is 8.42 Å². The molecule has 0 amide bonds. The van der Waals surface area contributed by atoms with E-state index in [1.54, 1.807) is 16.4 Å². The van der Waals surface area contributed by atoms with E-state index in [2.05, 4.69) is 24.1 Å². The normalized spacial score (nSPS) is 20.5. The minimum absolute atomic E-state index is 0.0868. The second kappa shape index (κ2) is 6.43. The lowest BCUT2D eigenvalue weighted by molar-refractivity contribution is 0.148. The third-order valence-corrected chi connectivity index (χ3v) is 6.53. The minimum atomic E-state index is -3.45. The fraction of sp³-hybridized carbons (Fsp3) is 0.333. The highest BCUT2D eigenvalue weighted by Crippen LogP contribution is 2.28. The van der Waals surface area contributed by atoms with Crippen molar-refractivity contribution in [2.75, 3.05) is 26.7 Å². The molecule has 1 unspecified atom stereocenters. The van der Waals surface area contributed by atoms with Crippen molar-refractivity contribution in [3.63, 3.8) is 0 Å². The Labute approximate surface area is 138 Å². The van der Waals surface area contributed by atoms with Gasteiger partial charge in [0, 0.05) is 25.7 Å². The summed E-state index contributed by atoms with van der Waals surface area (Å²) in [5.41, 5.74) is 1.95. The van der Waals surface area contributed by atoms with Gasteiger partial charge in [-0.2, -0.15) is 4.31 Å². The minimum Gasteiger partial charge on any atom is -0.297 e. The first-order valence-electron chi connectivity index (χ1n) is 7.81. The molecule has 1 fully saturated rings. The van der Waals surface area contributed by atoms with Crippen molar-refractivity contribution in [1.82, 2.24) is 9.21 Å². The standard InChI is InChI=1S/C18H22N2O2S/c1-15-8-6-7-11-18(15)23(21,22)20-13-12-19(2)17(14-20)16-9-4-3-5-10-16/h3-11,17H,12-14H2,1-2H3. The average molecular weight is 330 g/mol. The second-order valence-corrected chi connectivity index (χ2v) is 7.94. The highest BCUT2D eigenvalue weighted by molar-refractivity contribution is 7.89. The van der Waals surface area contributed by atoms with E-state index in [9.17, 15) is 8.42 Å². The van der Waals surface area contributed by atoms with Crippen molar-refractivity contribution in [2.24, 2.45) is 0 Å². The van der Waals surface area contributed by atoms with Gasteiger partial charge in [0.25, 0.3) is 0 Å². The molecular formula is C18H22N2O2S. The molecule has 0 aliphatic carbocycles. The van der Waals surface area contributed by atoms with E-state index in [4.69, 9.17) is 0 Å². The third-order valence-electron chi connectivity index (χ3n) is 4.51. The van der Waals surface area contributed by atoms with Gasteiger partial charge in [0.05, 0.1) is 4.90 Å². The molecule has 23 heavy (non-hydrogen) atoms. The van der Waals surface area contributed by atoms with E-state index < -0.39 is 10.0 Å². The SMILES string of the molecule is Cc1ccccc1S(=O)(=O)N1CCN(C)C(c2ccccc2)C1. The summed E-state index contributed by atoms with van der Waals surface area (Å²) in [4.78, 5) is 2.63. The number of hydrogen-bond acceptors (Lipinski definition) is 3. The van der Waals surface area contributed by atoms with Crippen LogP contribution in [0.4, 0.5) is 0 Å². The van der Waals surface area contributed by atoms with E-state index in [1.165, 1.54) is 0 Å². The van der Waals surface area contributed by atoms with Crippen LogP contribution in [0.1, 0.15) is 17.2 Å². The molecule has 4 nitrogen and oxygen atoms in total. The van der Waals surface area contributed by atoms with Crippen LogP contribution in [-0.4, -0.2) is 44.3 Å². The summed E-state index contributed by atoms with van der Waals surface area (Å²) in [6.45, 7) is 3.58. The Hall–Kier alpha value is -1.69. The van der Waals surface area contributed by atoms with Gasteiger partial charge in [-0.25, -0.2) is 8.42 Å². The van der Waals surface area contributed by atoms with Crippen LogP contribution in [-0.2, 0) is 10.0 Å². The first-order valence-corrected chi connectivity index (χ1v) is 9.25. The van der Waals surface area contributed by atoms with Crippen LogP contribution in [0.2, 0.25) is 0 Å². The highest BCUT2D eigenvalue weighted by Gasteiger charge is 2.33. The summed E-state index contributed by atoms with van der Waals surface area (Å²) in [7, 11) is -1.40. The van der Waals surface area contributed by atoms with Gasteiger partial charge < -0.3 is 0 Å². The summed E-state index contributed by atoms with van der Waals surface area (Å²) in [6, 6.07) is 17.4. The predicted molar refractivity (Wildman–Crippen MR) is 91.8 cm³/mol. The summed E-state index contributed by atoms with van der Waals surface area (Å²) < 4.78 is 27.6. The summed E-state index contributed by atoms with van der Waals surface area (Å²) in [5, 5.41) is 0. The molecule has 0 saturated carbocycles. The first-order chi connectivity index (χ1) is 11.0. The average Bonchev–Trinajstić information content (AvgIpc) is 2.56. The van der Waals surface area contributed by atoms with Crippen LogP contribution in [0.3, 0.4) is 0 Å². The van der Waals surface area contributed by atoms with Crippen molar-refractivity contribution in [3.05, 3.63) is 65.7 Å². The van der Waals surface area contributed by atoms with Gasteiger partial charge in [0.2, 0.25) is 10.0 Å². The molecule has 5 heteroatoms. The zero-order valence-electron chi connectivity index (χ0n) is 13.5. The van der Waals surface area contributed by atoms with Crippen LogP contribution < -0.4 is 0 Å². The molecule has 0 N–H and O–H groups in total. The molecule has 2 aromatic carbocycles. The molecule has 1 aliphatic rings. The highest BCUT2D eigenvalue weighted by atomic mass is 32.2. The zero-order valence-corrected chi connectivity index (χ0v) is 14.3. The number of piperazine rings is 1. The number of sulfonamides is 1. The summed E-state index contributed by atoms with van der Waals surface area (Å²) >= 11 is 0. The first kappa shape index (κ1) is 16.2. The number of nitrogens with zero attached hydrogens (tertiary/aromatic N) is 2. The molecule has 0 spiro atoms. The lowest BCUT2D eigenvalue weighted by Gasteiger charge is -2.39. The van der Waals surface area contributed by atoms with Gasteiger partial charge in [-0.1, -0.05) is 48.5 Å². The van der Waals surface area contributed by atoms with Gasteiger partial charge in [0.15, 0.2) is 0 Å². The molecule has 3 rings (SSSR count). The Bertz CT molecular complexity index is 775. The van der Waals surface area contributed by atoms with E-state index >= 15 is 0 Å². The lowest BCUT2D eigenvalue weighted by Crippen LogP contribution is -2.48. The number of aryl methyl sites for hydroxylation is 1. The molecule has 1 atom stereocenters. The molecule has 122 valence electrons. The van der Waals surface area contributed by atoms with Crippen molar-refractivity contribution in [1.29, 1.82) is 0 Å². The van der Waals surface area contributed by atoms with Crippen LogP contribution in [0, 0.1) is 6.92 Å². The van der Waals surface area contributed by atoms with E-state index in [-0.39, 0.29) is 6.04 Å². The van der Waals surface area contributed by atoms with E-state index in [0.717, 1.165) is 17.7 Å². The molecule has 1 aliphatic heterocycles. The number of hydrogen-bond donors (Lipinski definition) is 0. The fourth-order valence-corrected chi connectivity index (χ4v) is 4.75. The van der Waals surface area contributed by atoms with Gasteiger partial charge in [0.1, 0.15) is 0 Å². The second-order valence-electron chi connectivity index (χ2n) is 6.04. The summed E-state index contributed by atoms with van der Waals surface area (Å²) in [5.74, 6) is 0. The van der Waals surface area contributed by atoms with E-state index in [0.29, 0.717) is 18.0 Å². The quantitative estimate of drug-likeness (QED) is 0.869. The molecule has 0 aromatic heterocycles.